The van der Waals surface area contributed by atoms with Gasteiger partial charge < -0.3 is 10.2 Å². The number of nitrogens with one attached hydrogen (secondary N) is 1. The van der Waals surface area contributed by atoms with E-state index in [9.17, 15) is 9.18 Å². The van der Waals surface area contributed by atoms with E-state index in [-0.39, 0.29) is 11.6 Å². The largest absolute Gasteiger partial charge is 0.351 e. The number of hydrogen-bond acceptors (Lipinski definition) is 4. The van der Waals surface area contributed by atoms with Crippen LogP contribution < -0.4 is 10.2 Å². The highest BCUT2D eigenvalue weighted by Crippen LogP contribution is 2.27. The quantitative estimate of drug-likeness (QED) is 0.794. The lowest BCUT2D eigenvalue weighted by Crippen LogP contribution is -2.29. The molecule has 6 heteroatoms. The van der Waals surface area contributed by atoms with Crippen LogP contribution in [0.25, 0.3) is 11.3 Å². The molecule has 27 heavy (non-hydrogen) atoms. The fourth-order valence-electron chi connectivity index (χ4n) is 3.58. The van der Waals surface area contributed by atoms with Crippen molar-refractivity contribution in [3.8, 4) is 11.3 Å². The second kappa shape index (κ2) is 8.93. The third-order valence-electron chi connectivity index (χ3n) is 5.03. The molecule has 1 aliphatic carbocycles. The van der Waals surface area contributed by atoms with Gasteiger partial charge >= 0.3 is 0 Å². The third-order valence-corrected chi connectivity index (χ3v) is 5.03. The second-order valence-electron chi connectivity index (χ2n) is 6.91. The molecular formula is C21H27FN4O. The average Bonchev–Trinajstić information content (AvgIpc) is 2.71. The standard InChI is InChI=1S/C21H27FN4O/c1-3-19(27)26(4-2)17-12-8-9-15(13-17)20-18(22)14-23-21(25-20)24-16-10-6-5-7-11-16/h8-9,12-14,16H,3-7,10-11H2,1-2H3,(H,23,24,25). The van der Waals surface area contributed by atoms with Crippen molar-refractivity contribution >= 4 is 17.5 Å². The summed E-state index contributed by atoms with van der Waals surface area (Å²) in [5, 5.41) is 3.34. The zero-order valence-corrected chi connectivity index (χ0v) is 16.0. The molecule has 5 nitrogen and oxygen atoms in total. The van der Waals surface area contributed by atoms with Crippen LogP contribution in [-0.4, -0.2) is 28.5 Å². The first-order chi connectivity index (χ1) is 13.1. The number of carbonyl (C=O) groups excluding carboxylic acids is 1. The molecule has 0 spiro atoms. The van der Waals surface area contributed by atoms with Crippen LogP contribution in [0.5, 0.6) is 0 Å². The summed E-state index contributed by atoms with van der Waals surface area (Å²) in [6.45, 7) is 4.33. The fraction of sp³-hybridized carbons (Fsp3) is 0.476. The molecule has 144 valence electrons. The van der Waals surface area contributed by atoms with Gasteiger partial charge in [0.05, 0.1) is 6.20 Å². The Labute approximate surface area is 160 Å². The van der Waals surface area contributed by atoms with Gasteiger partial charge in [0.15, 0.2) is 5.82 Å². The predicted octanol–water partition coefficient (Wildman–Crippen LogP) is 4.79. The molecule has 1 fully saturated rings. The number of halogens is 1. The van der Waals surface area contributed by atoms with E-state index in [1.54, 1.807) is 4.90 Å². The van der Waals surface area contributed by atoms with E-state index in [4.69, 9.17) is 0 Å². The topological polar surface area (TPSA) is 58.1 Å². The van der Waals surface area contributed by atoms with Crippen molar-refractivity contribution in [3.05, 3.63) is 36.3 Å². The molecule has 1 saturated carbocycles. The Morgan fingerprint density at radius 1 is 1.26 bits per heavy atom. The highest BCUT2D eigenvalue weighted by molar-refractivity contribution is 5.93. The average molecular weight is 370 g/mol. The van der Waals surface area contributed by atoms with Gasteiger partial charge in [-0.15, -0.1) is 0 Å². The summed E-state index contributed by atoms with van der Waals surface area (Å²) in [6, 6.07) is 7.66. The Balaban J connectivity index is 1.88. The van der Waals surface area contributed by atoms with Crippen molar-refractivity contribution in [3.63, 3.8) is 0 Å². The van der Waals surface area contributed by atoms with E-state index in [2.05, 4.69) is 15.3 Å². The number of rotatable bonds is 6. The number of carbonyl (C=O) groups is 1. The summed E-state index contributed by atoms with van der Waals surface area (Å²) < 4.78 is 14.4. The Kier molecular flexibility index (Phi) is 6.37. The number of hydrogen-bond donors (Lipinski definition) is 1. The maximum atomic E-state index is 14.4. The third kappa shape index (κ3) is 4.62. The van der Waals surface area contributed by atoms with Crippen LogP contribution in [0.4, 0.5) is 16.0 Å². The molecule has 1 aromatic heterocycles. The molecule has 1 aliphatic rings. The van der Waals surface area contributed by atoms with Gasteiger partial charge in [-0.05, 0) is 31.9 Å². The Morgan fingerprint density at radius 3 is 2.74 bits per heavy atom. The van der Waals surface area contributed by atoms with Crippen LogP contribution in [0, 0.1) is 5.82 Å². The Bertz CT molecular complexity index is 790. The molecule has 1 aromatic carbocycles. The molecule has 1 N–H and O–H groups in total. The van der Waals surface area contributed by atoms with Gasteiger partial charge in [0.1, 0.15) is 5.69 Å². The van der Waals surface area contributed by atoms with Crippen molar-refractivity contribution in [1.29, 1.82) is 0 Å². The molecule has 1 amide bonds. The van der Waals surface area contributed by atoms with E-state index in [0.29, 0.717) is 30.5 Å². The number of aromatic nitrogens is 2. The van der Waals surface area contributed by atoms with E-state index < -0.39 is 5.82 Å². The molecule has 3 rings (SSSR count). The molecule has 2 aromatic rings. The first-order valence-electron chi connectivity index (χ1n) is 9.82. The maximum absolute atomic E-state index is 14.4. The van der Waals surface area contributed by atoms with Crippen LogP contribution in [0.2, 0.25) is 0 Å². The van der Waals surface area contributed by atoms with E-state index in [0.717, 1.165) is 18.5 Å². The summed E-state index contributed by atoms with van der Waals surface area (Å²) in [5.41, 5.74) is 1.65. The molecule has 0 aliphatic heterocycles. The Hall–Kier alpha value is -2.50. The van der Waals surface area contributed by atoms with Crippen molar-refractivity contribution < 1.29 is 9.18 Å². The second-order valence-corrected chi connectivity index (χ2v) is 6.91. The summed E-state index contributed by atoms with van der Waals surface area (Å²) in [5.74, 6) is 0.0318. The van der Waals surface area contributed by atoms with Crippen molar-refractivity contribution in [2.24, 2.45) is 0 Å². The van der Waals surface area contributed by atoms with Crippen LogP contribution in [0.1, 0.15) is 52.4 Å². The van der Waals surface area contributed by atoms with Gasteiger partial charge in [0.25, 0.3) is 0 Å². The fourth-order valence-corrected chi connectivity index (χ4v) is 3.58. The van der Waals surface area contributed by atoms with Crippen LogP contribution in [0.3, 0.4) is 0 Å². The molecule has 0 atom stereocenters. The van der Waals surface area contributed by atoms with Crippen molar-refractivity contribution in [1.82, 2.24) is 9.97 Å². The lowest BCUT2D eigenvalue weighted by Gasteiger charge is -2.23. The zero-order valence-electron chi connectivity index (χ0n) is 16.0. The summed E-state index contributed by atoms with van der Waals surface area (Å²) >= 11 is 0. The SMILES string of the molecule is CCC(=O)N(CC)c1cccc(-c2nc(NC3CCCCC3)ncc2F)c1. The minimum absolute atomic E-state index is 0.0393. The van der Waals surface area contributed by atoms with Gasteiger partial charge in [-0.1, -0.05) is 38.3 Å². The molecular weight excluding hydrogens is 343 g/mol. The minimum atomic E-state index is -0.466. The molecule has 0 unspecified atom stereocenters. The summed E-state index contributed by atoms with van der Waals surface area (Å²) in [7, 11) is 0. The van der Waals surface area contributed by atoms with E-state index in [1.165, 1.54) is 25.5 Å². The zero-order chi connectivity index (χ0) is 19.2. The van der Waals surface area contributed by atoms with Gasteiger partial charge in [0, 0.05) is 30.3 Å². The predicted molar refractivity (Wildman–Crippen MR) is 106 cm³/mol. The van der Waals surface area contributed by atoms with E-state index in [1.807, 2.05) is 38.1 Å². The van der Waals surface area contributed by atoms with Gasteiger partial charge in [-0.3, -0.25) is 4.79 Å². The number of benzene rings is 1. The molecule has 0 bridgehead atoms. The van der Waals surface area contributed by atoms with Crippen molar-refractivity contribution in [2.45, 2.75) is 58.4 Å². The number of nitrogens with zero attached hydrogens (tertiary/aromatic N) is 3. The highest BCUT2D eigenvalue weighted by atomic mass is 19.1. The molecule has 1 heterocycles. The smallest absolute Gasteiger partial charge is 0.226 e. The summed E-state index contributed by atoms with van der Waals surface area (Å²) in [4.78, 5) is 22.4. The molecule has 0 radical (unpaired) electrons. The normalized spacial score (nSPS) is 14.8. The van der Waals surface area contributed by atoms with Crippen molar-refractivity contribution in [2.75, 3.05) is 16.8 Å². The summed E-state index contributed by atoms with van der Waals surface area (Å²) in [6.07, 6.45) is 7.50. The van der Waals surface area contributed by atoms with E-state index >= 15 is 0 Å². The lowest BCUT2D eigenvalue weighted by atomic mass is 9.96. The first kappa shape index (κ1) is 19.3. The van der Waals surface area contributed by atoms with Gasteiger partial charge in [0.2, 0.25) is 11.9 Å². The number of amides is 1. The Morgan fingerprint density at radius 2 is 2.04 bits per heavy atom. The van der Waals surface area contributed by atoms with Crippen LogP contribution in [0.15, 0.2) is 30.5 Å². The lowest BCUT2D eigenvalue weighted by molar-refractivity contribution is -0.118. The maximum Gasteiger partial charge on any atom is 0.226 e. The number of anilines is 2. The first-order valence-corrected chi connectivity index (χ1v) is 9.82. The molecule has 0 saturated heterocycles. The minimum Gasteiger partial charge on any atom is -0.351 e. The monoisotopic (exact) mass is 370 g/mol. The van der Waals surface area contributed by atoms with Crippen LogP contribution >= 0.6 is 0 Å². The van der Waals surface area contributed by atoms with Gasteiger partial charge in [-0.2, -0.15) is 0 Å². The van der Waals surface area contributed by atoms with Crippen LogP contribution in [-0.2, 0) is 4.79 Å². The highest BCUT2D eigenvalue weighted by Gasteiger charge is 2.17. The van der Waals surface area contributed by atoms with Gasteiger partial charge in [-0.25, -0.2) is 14.4 Å².